The van der Waals surface area contributed by atoms with E-state index in [9.17, 15) is 9.90 Å². The van der Waals surface area contributed by atoms with Gasteiger partial charge in [-0.25, -0.2) is 0 Å². The van der Waals surface area contributed by atoms with E-state index in [4.69, 9.17) is 0 Å². The summed E-state index contributed by atoms with van der Waals surface area (Å²) < 4.78 is 0. The van der Waals surface area contributed by atoms with Gasteiger partial charge in [-0.1, -0.05) is 42.4 Å². The molecule has 0 aromatic carbocycles. The van der Waals surface area contributed by atoms with E-state index in [1.165, 1.54) is 24.0 Å². The first-order valence-corrected chi connectivity index (χ1v) is 10.3. The molecule has 1 saturated carbocycles. The van der Waals surface area contributed by atoms with E-state index in [1.54, 1.807) is 0 Å². The second kappa shape index (κ2) is 8.08. The molecule has 0 heterocycles. The zero-order chi connectivity index (χ0) is 18.8. The lowest BCUT2D eigenvalue weighted by molar-refractivity contribution is -0.117. The van der Waals surface area contributed by atoms with E-state index in [-0.39, 0.29) is 18.3 Å². The molecule has 2 nitrogen and oxygen atoms in total. The van der Waals surface area contributed by atoms with Crippen molar-refractivity contribution in [3.63, 3.8) is 0 Å². The molecule has 0 aliphatic heterocycles. The summed E-state index contributed by atoms with van der Waals surface area (Å²) in [5.74, 6) is 3.09. The van der Waals surface area contributed by atoms with E-state index in [1.807, 2.05) is 6.08 Å². The van der Waals surface area contributed by atoms with Crippen molar-refractivity contribution in [3.8, 4) is 0 Å². The molecule has 142 valence electrons. The third-order valence-electron chi connectivity index (χ3n) is 7.00. The molecular formula is C24H34O2. The van der Waals surface area contributed by atoms with Crippen LogP contribution < -0.4 is 0 Å². The molecular weight excluding hydrogens is 320 g/mol. The molecule has 0 amide bonds. The predicted molar refractivity (Wildman–Crippen MR) is 108 cm³/mol. The van der Waals surface area contributed by atoms with Gasteiger partial charge in [-0.15, -0.1) is 0 Å². The van der Waals surface area contributed by atoms with Crippen molar-refractivity contribution >= 4 is 5.78 Å². The van der Waals surface area contributed by atoms with E-state index < -0.39 is 0 Å². The highest BCUT2D eigenvalue weighted by molar-refractivity contribution is 5.97. The molecule has 1 fully saturated rings. The fourth-order valence-electron chi connectivity index (χ4n) is 5.61. The SMILES string of the molecule is CC(C)=C/C=C\[C@H](C)[C@H]1CC[C@@H]2C[C@@H]3C(C)=CC(=O)[C@H]3/C(CO)=C\C[C@H]21. The number of carbonyl (C=O) groups excluding carboxylic acids is 1. The Morgan fingerprint density at radius 2 is 2.12 bits per heavy atom. The lowest BCUT2D eigenvalue weighted by Gasteiger charge is -2.34. The van der Waals surface area contributed by atoms with Crippen LogP contribution in [-0.2, 0) is 4.79 Å². The highest BCUT2D eigenvalue weighted by atomic mass is 16.3. The number of hydrogen-bond donors (Lipinski definition) is 1. The summed E-state index contributed by atoms with van der Waals surface area (Å²) in [4.78, 5) is 12.4. The quantitative estimate of drug-likeness (QED) is 0.552. The van der Waals surface area contributed by atoms with Gasteiger partial charge in [0.2, 0.25) is 0 Å². The fraction of sp³-hybridized carbons (Fsp3) is 0.625. The Hall–Kier alpha value is -1.41. The summed E-state index contributed by atoms with van der Waals surface area (Å²) in [5.41, 5.74) is 3.52. The number of allylic oxidation sites excluding steroid dienone is 7. The summed E-state index contributed by atoms with van der Waals surface area (Å²) >= 11 is 0. The minimum absolute atomic E-state index is 0.0199. The Kier molecular flexibility index (Phi) is 6.02. The first kappa shape index (κ1) is 19.4. The van der Waals surface area contributed by atoms with Crippen LogP contribution in [0.5, 0.6) is 0 Å². The molecule has 0 spiro atoms. The number of hydrogen-bond acceptors (Lipinski definition) is 2. The first-order valence-electron chi connectivity index (χ1n) is 10.3. The number of aliphatic hydroxyl groups excluding tert-OH is 1. The standard InChI is InChI=1S/C24H34O2/c1-15(2)6-5-7-16(3)20-10-8-18-13-22-17(4)12-23(26)24(22)19(14-25)9-11-21(18)20/h5-7,9,12,16,18,20-22,24-25H,8,10-11,13-14H2,1-4H3/b7-5-,19-9-/t16-,18+,20+,21+,22+,24-/m0/s1. The van der Waals surface area contributed by atoms with Crippen LogP contribution in [0, 0.1) is 35.5 Å². The topological polar surface area (TPSA) is 37.3 Å². The lowest BCUT2D eigenvalue weighted by atomic mass is 9.71. The first-order chi connectivity index (χ1) is 12.4. The van der Waals surface area contributed by atoms with Crippen molar-refractivity contribution in [1.29, 1.82) is 0 Å². The van der Waals surface area contributed by atoms with Crippen LogP contribution >= 0.6 is 0 Å². The number of rotatable bonds is 4. The summed E-state index contributed by atoms with van der Waals surface area (Å²) in [6.45, 7) is 8.74. The second-order valence-electron chi connectivity index (χ2n) is 8.94. The summed E-state index contributed by atoms with van der Waals surface area (Å²) in [5, 5.41) is 9.88. The average Bonchev–Trinajstić information content (AvgIpc) is 3.07. The van der Waals surface area contributed by atoms with E-state index in [2.05, 4.69) is 52.0 Å². The molecule has 1 N–H and O–H groups in total. The van der Waals surface area contributed by atoms with Gasteiger partial charge in [-0.2, -0.15) is 0 Å². The van der Waals surface area contributed by atoms with Gasteiger partial charge in [0.15, 0.2) is 5.78 Å². The molecule has 3 aliphatic rings. The van der Waals surface area contributed by atoms with Crippen LogP contribution in [-0.4, -0.2) is 17.5 Å². The molecule has 2 heteroatoms. The van der Waals surface area contributed by atoms with Gasteiger partial charge in [0.25, 0.3) is 0 Å². The number of ketones is 1. The summed E-state index contributed by atoms with van der Waals surface area (Å²) in [6, 6.07) is 0. The maximum absolute atomic E-state index is 12.4. The van der Waals surface area contributed by atoms with Crippen LogP contribution in [0.4, 0.5) is 0 Å². The van der Waals surface area contributed by atoms with Gasteiger partial charge < -0.3 is 5.11 Å². The molecule has 26 heavy (non-hydrogen) atoms. The third kappa shape index (κ3) is 3.81. The largest absolute Gasteiger partial charge is 0.392 e. The molecule has 3 rings (SSSR count). The van der Waals surface area contributed by atoms with Crippen LogP contribution in [0.1, 0.15) is 53.4 Å². The normalized spacial score (nSPS) is 37.3. The second-order valence-corrected chi connectivity index (χ2v) is 8.94. The van der Waals surface area contributed by atoms with Crippen LogP contribution in [0.3, 0.4) is 0 Å². The minimum Gasteiger partial charge on any atom is -0.392 e. The van der Waals surface area contributed by atoms with Crippen molar-refractivity contribution in [2.24, 2.45) is 35.5 Å². The van der Waals surface area contributed by atoms with Gasteiger partial charge in [-0.3, -0.25) is 4.79 Å². The van der Waals surface area contributed by atoms with Gasteiger partial charge in [-0.05, 0) is 87.7 Å². The third-order valence-corrected chi connectivity index (χ3v) is 7.00. The van der Waals surface area contributed by atoms with Crippen LogP contribution in [0.25, 0.3) is 0 Å². The summed E-state index contributed by atoms with van der Waals surface area (Å²) in [6.07, 6.45) is 15.5. The van der Waals surface area contributed by atoms with Crippen LogP contribution in [0.2, 0.25) is 0 Å². The van der Waals surface area contributed by atoms with Crippen molar-refractivity contribution in [1.82, 2.24) is 0 Å². The molecule has 0 aromatic heterocycles. The molecule has 0 radical (unpaired) electrons. The van der Waals surface area contributed by atoms with Crippen LogP contribution in [0.15, 0.2) is 47.1 Å². The van der Waals surface area contributed by atoms with Crippen molar-refractivity contribution in [2.75, 3.05) is 6.61 Å². The van der Waals surface area contributed by atoms with Crippen molar-refractivity contribution in [2.45, 2.75) is 53.4 Å². The lowest BCUT2D eigenvalue weighted by Crippen LogP contribution is -2.29. The number of carbonyl (C=O) groups is 1. The van der Waals surface area contributed by atoms with Gasteiger partial charge >= 0.3 is 0 Å². The zero-order valence-electron chi connectivity index (χ0n) is 16.7. The highest BCUT2D eigenvalue weighted by Gasteiger charge is 2.44. The average molecular weight is 355 g/mol. The number of aliphatic hydroxyl groups is 1. The van der Waals surface area contributed by atoms with Gasteiger partial charge in [0, 0.05) is 0 Å². The Bertz CT molecular complexity index is 660. The monoisotopic (exact) mass is 354 g/mol. The van der Waals surface area contributed by atoms with Crippen molar-refractivity contribution < 1.29 is 9.90 Å². The van der Waals surface area contributed by atoms with Gasteiger partial charge in [0.05, 0.1) is 12.5 Å². The zero-order valence-corrected chi connectivity index (χ0v) is 16.7. The Morgan fingerprint density at radius 3 is 2.81 bits per heavy atom. The molecule has 0 saturated heterocycles. The Balaban J connectivity index is 1.82. The number of fused-ring (bicyclic) bond motifs is 2. The van der Waals surface area contributed by atoms with Crippen molar-refractivity contribution in [3.05, 3.63) is 47.1 Å². The maximum Gasteiger partial charge on any atom is 0.163 e. The Morgan fingerprint density at radius 1 is 1.35 bits per heavy atom. The molecule has 6 atom stereocenters. The highest BCUT2D eigenvalue weighted by Crippen LogP contribution is 2.51. The minimum atomic E-state index is -0.0880. The molecule has 0 unspecified atom stereocenters. The molecule has 0 bridgehead atoms. The van der Waals surface area contributed by atoms with Gasteiger partial charge in [0.1, 0.15) is 0 Å². The maximum atomic E-state index is 12.4. The fourth-order valence-corrected chi connectivity index (χ4v) is 5.61. The van der Waals surface area contributed by atoms with E-state index in [0.717, 1.165) is 18.4 Å². The smallest absolute Gasteiger partial charge is 0.163 e. The molecule has 0 aromatic rings. The Labute approximate surface area is 158 Å². The summed E-state index contributed by atoms with van der Waals surface area (Å²) in [7, 11) is 0. The molecule has 3 aliphatic carbocycles. The van der Waals surface area contributed by atoms with E-state index >= 15 is 0 Å². The van der Waals surface area contributed by atoms with E-state index in [0.29, 0.717) is 29.6 Å². The predicted octanol–water partition coefficient (Wildman–Crippen LogP) is 5.26.